The van der Waals surface area contributed by atoms with Crippen LogP contribution >= 0.6 is 0 Å². The van der Waals surface area contributed by atoms with Gasteiger partial charge in [-0.15, -0.1) is 0 Å². The maximum Gasteiger partial charge on any atom is 0.318 e. The van der Waals surface area contributed by atoms with Crippen LogP contribution in [0, 0.1) is 0 Å². The summed E-state index contributed by atoms with van der Waals surface area (Å²) in [7, 11) is 2.02. The number of urea groups is 1. The van der Waals surface area contributed by atoms with Gasteiger partial charge in [0.05, 0.1) is 0 Å². The second-order valence-corrected chi connectivity index (χ2v) is 9.00. The molecule has 2 aromatic rings. The molecule has 2 N–H and O–H groups in total. The van der Waals surface area contributed by atoms with Crippen molar-refractivity contribution in [1.29, 1.82) is 0 Å². The number of benzene rings is 2. The molecule has 1 saturated heterocycles. The first-order chi connectivity index (χ1) is 16.9. The largest absolute Gasteiger partial charge is 0.452 e. The van der Waals surface area contributed by atoms with Crippen LogP contribution in [0.3, 0.4) is 0 Å². The molecule has 0 aliphatic carbocycles. The maximum absolute atomic E-state index is 13.5. The molecule has 1 fully saturated rings. The van der Waals surface area contributed by atoms with E-state index in [2.05, 4.69) is 15.5 Å². The van der Waals surface area contributed by atoms with E-state index in [0.29, 0.717) is 31.7 Å². The number of carbonyl (C=O) groups is 3. The molecule has 35 heavy (non-hydrogen) atoms. The van der Waals surface area contributed by atoms with Crippen LogP contribution < -0.4 is 15.4 Å². The van der Waals surface area contributed by atoms with E-state index >= 15 is 0 Å². The zero-order chi connectivity index (χ0) is 24.8. The van der Waals surface area contributed by atoms with Crippen LogP contribution in [0.1, 0.15) is 18.1 Å². The minimum atomic E-state index is -0.961. The Morgan fingerprint density at radius 2 is 1.71 bits per heavy atom. The standard InChI is InChI=1S/C26H32N4O5/c1-18(31)34-25-22(17-20-10-6-7-11-23(20)35-25)27-24(32)21(16-19-8-4-3-5-9-19)28-26(33)30-14-12-29(2)13-15-30/h3-11,21-22,25H,12-17H2,1-2H3,(H,27,32)(H,28,33). The number of rotatable bonds is 6. The minimum absolute atomic E-state index is 0.268. The number of fused-ring (bicyclic) bond motifs is 1. The van der Waals surface area contributed by atoms with Crippen molar-refractivity contribution in [3.8, 4) is 5.75 Å². The van der Waals surface area contributed by atoms with Gasteiger partial charge in [0.15, 0.2) is 0 Å². The minimum Gasteiger partial charge on any atom is -0.452 e. The molecule has 0 radical (unpaired) electrons. The van der Waals surface area contributed by atoms with E-state index in [0.717, 1.165) is 24.2 Å². The fraction of sp³-hybridized carbons (Fsp3) is 0.423. The zero-order valence-electron chi connectivity index (χ0n) is 20.1. The summed E-state index contributed by atoms with van der Waals surface area (Å²) in [4.78, 5) is 42.1. The monoisotopic (exact) mass is 480 g/mol. The van der Waals surface area contributed by atoms with Crippen molar-refractivity contribution < 1.29 is 23.9 Å². The Balaban J connectivity index is 1.50. The lowest BCUT2D eigenvalue weighted by Crippen LogP contribution is -2.59. The van der Waals surface area contributed by atoms with Crippen LogP contribution in [0.4, 0.5) is 4.79 Å². The number of nitrogens with one attached hydrogen (secondary N) is 2. The van der Waals surface area contributed by atoms with Gasteiger partial charge in [0.25, 0.3) is 6.29 Å². The fourth-order valence-electron chi connectivity index (χ4n) is 4.31. The van der Waals surface area contributed by atoms with Crippen LogP contribution in [0.25, 0.3) is 0 Å². The molecule has 0 saturated carbocycles. The van der Waals surface area contributed by atoms with Crippen molar-refractivity contribution in [2.24, 2.45) is 0 Å². The lowest BCUT2D eigenvalue weighted by molar-refractivity contribution is -0.168. The Labute approximate surface area is 205 Å². The highest BCUT2D eigenvalue weighted by Gasteiger charge is 2.35. The number of amides is 3. The van der Waals surface area contributed by atoms with Crippen molar-refractivity contribution in [3.63, 3.8) is 0 Å². The zero-order valence-corrected chi connectivity index (χ0v) is 20.1. The third kappa shape index (κ3) is 6.51. The summed E-state index contributed by atoms with van der Waals surface area (Å²) in [5.41, 5.74) is 1.83. The quantitative estimate of drug-likeness (QED) is 0.609. The molecular formula is C26H32N4O5. The van der Waals surface area contributed by atoms with Gasteiger partial charge in [0, 0.05) is 45.9 Å². The molecule has 0 bridgehead atoms. The highest BCUT2D eigenvalue weighted by molar-refractivity contribution is 5.87. The third-order valence-electron chi connectivity index (χ3n) is 6.28. The van der Waals surface area contributed by atoms with Crippen LogP contribution in [0.2, 0.25) is 0 Å². The molecule has 2 aliphatic heterocycles. The number of likely N-dealkylation sites (N-methyl/N-ethyl adjacent to an activating group) is 1. The first kappa shape index (κ1) is 24.5. The lowest BCUT2D eigenvalue weighted by atomic mass is 10.00. The van der Waals surface area contributed by atoms with E-state index < -0.39 is 24.3 Å². The number of hydrogen-bond acceptors (Lipinski definition) is 6. The summed E-state index contributed by atoms with van der Waals surface area (Å²) < 4.78 is 11.3. The van der Waals surface area contributed by atoms with Gasteiger partial charge in [-0.2, -0.15) is 0 Å². The van der Waals surface area contributed by atoms with E-state index in [1.54, 1.807) is 11.0 Å². The van der Waals surface area contributed by atoms with Gasteiger partial charge in [-0.05, 0) is 24.2 Å². The molecule has 0 spiro atoms. The van der Waals surface area contributed by atoms with E-state index in [1.165, 1.54) is 6.92 Å². The molecule has 2 aliphatic rings. The van der Waals surface area contributed by atoms with E-state index in [1.807, 2.05) is 55.6 Å². The maximum atomic E-state index is 13.5. The second kappa shape index (κ2) is 11.2. The number of piperazine rings is 1. The summed E-state index contributed by atoms with van der Waals surface area (Å²) in [6, 6.07) is 15.3. The Morgan fingerprint density at radius 1 is 1.03 bits per heavy atom. The molecule has 9 heteroatoms. The van der Waals surface area contributed by atoms with Gasteiger partial charge in [0.1, 0.15) is 17.8 Å². The second-order valence-electron chi connectivity index (χ2n) is 9.00. The Kier molecular flexibility index (Phi) is 7.87. The molecule has 2 aromatic carbocycles. The smallest absolute Gasteiger partial charge is 0.318 e. The summed E-state index contributed by atoms with van der Waals surface area (Å²) in [5, 5.41) is 5.89. The SMILES string of the molecule is CC(=O)OC1Oc2ccccc2CC1NC(=O)C(Cc1ccccc1)NC(=O)N1CCN(C)CC1. The number of nitrogens with zero attached hydrogens (tertiary/aromatic N) is 2. The van der Waals surface area contributed by atoms with Crippen molar-refractivity contribution in [2.45, 2.75) is 38.1 Å². The summed E-state index contributed by atoms with van der Waals surface area (Å²) in [6.45, 7) is 4.07. The summed E-state index contributed by atoms with van der Waals surface area (Å²) in [6.07, 6.45) is -0.198. The topological polar surface area (TPSA) is 100 Å². The van der Waals surface area contributed by atoms with Gasteiger partial charge in [-0.3, -0.25) is 9.59 Å². The van der Waals surface area contributed by atoms with Crippen molar-refractivity contribution in [3.05, 3.63) is 65.7 Å². The number of esters is 1. The van der Waals surface area contributed by atoms with Gasteiger partial charge in [-0.25, -0.2) is 4.79 Å². The highest BCUT2D eigenvalue weighted by atomic mass is 16.7. The Bertz CT molecular complexity index is 1040. The molecule has 4 rings (SSSR count). The summed E-state index contributed by atoms with van der Waals surface area (Å²) >= 11 is 0. The first-order valence-electron chi connectivity index (χ1n) is 11.9. The van der Waals surface area contributed by atoms with Gasteiger partial charge < -0.3 is 29.9 Å². The van der Waals surface area contributed by atoms with Gasteiger partial charge >= 0.3 is 12.0 Å². The fourth-order valence-corrected chi connectivity index (χ4v) is 4.31. The van der Waals surface area contributed by atoms with Crippen LogP contribution in [0.5, 0.6) is 5.75 Å². The molecule has 2 heterocycles. The van der Waals surface area contributed by atoms with Crippen molar-refractivity contribution in [1.82, 2.24) is 20.4 Å². The first-order valence-corrected chi connectivity index (χ1v) is 11.9. The van der Waals surface area contributed by atoms with Crippen LogP contribution in [-0.2, 0) is 27.2 Å². The number of carbonyl (C=O) groups excluding carboxylic acids is 3. The third-order valence-corrected chi connectivity index (χ3v) is 6.28. The average Bonchev–Trinajstić information content (AvgIpc) is 2.84. The molecule has 186 valence electrons. The molecular weight excluding hydrogens is 448 g/mol. The Hall–Kier alpha value is -3.59. The van der Waals surface area contributed by atoms with E-state index in [9.17, 15) is 14.4 Å². The number of para-hydroxylation sites is 1. The van der Waals surface area contributed by atoms with Crippen LogP contribution in [-0.4, -0.2) is 79.3 Å². The highest BCUT2D eigenvalue weighted by Crippen LogP contribution is 2.28. The van der Waals surface area contributed by atoms with E-state index in [-0.39, 0.29) is 11.9 Å². The van der Waals surface area contributed by atoms with E-state index in [4.69, 9.17) is 9.47 Å². The van der Waals surface area contributed by atoms with Crippen molar-refractivity contribution >= 4 is 17.9 Å². The lowest BCUT2D eigenvalue weighted by Gasteiger charge is -2.35. The van der Waals surface area contributed by atoms with Gasteiger partial charge in [-0.1, -0.05) is 48.5 Å². The average molecular weight is 481 g/mol. The molecule has 3 unspecified atom stereocenters. The molecule has 3 amide bonds. The predicted octanol–water partition coefficient (Wildman–Crippen LogP) is 1.56. The number of hydrogen-bond donors (Lipinski definition) is 2. The van der Waals surface area contributed by atoms with Gasteiger partial charge in [0.2, 0.25) is 5.91 Å². The molecule has 0 aromatic heterocycles. The molecule has 3 atom stereocenters. The normalized spacial score (nSPS) is 20.7. The summed E-state index contributed by atoms with van der Waals surface area (Å²) in [5.74, 6) is -0.243. The van der Waals surface area contributed by atoms with Crippen LogP contribution in [0.15, 0.2) is 54.6 Å². The number of ether oxygens (including phenoxy) is 2. The molecule has 9 nitrogen and oxygen atoms in total. The Morgan fingerprint density at radius 3 is 2.43 bits per heavy atom. The predicted molar refractivity (Wildman–Crippen MR) is 130 cm³/mol. The van der Waals surface area contributed by atoms with Crippen molar-refractivity contribution in [2.75, 3.05) is 33.2 Å².